The number of hydrogen-bond donors (Lipinski definition) is 0. The van der Waals surface area contributed by atoms with E-state index in [1.807, 2.05) is 0 Å². The van der Waals surface area contributed by atoms with Crippen LogP contribution in [0.15, 0.2) is 0 Å². The lowest BCUT2D eigenvalue weighted by molar-refractivity contribution is -0.0558. The van der Waals surface area contributed by atoms with E-state index in [1.54, 1.807) is 0 Å². The number of alkyl halides is 3. The molecule has 0 heterocycles. The number of hydrogen-bond acceptors (Lipinski definition) is 0. The van der Waals surface area contributed by atoms with Crippen molar-refractivity contribution in [1.82, 2.24) is 0 Å². The summed E-state index contributed by atoms with van der Waals surface area (Å²) < 4.78 is 35.4. The Morgan fingerprint density at radius 1 is 1.50 bits per heavy atom. The zero-order chi connectivity index (χ0) is 6.78. The highest BCUT2D eigenvalue weighted by molar-refractivity contribution is 4.68. The van der Waals surface area contributed by atoms with Gasteiger partial charge < -0.3 is 0 Å². The molecule has 1 atom stereocenters. The van der Waals surface area contributed by atoms with Gasteiger partial charge >= 0.3 is 0 Å². The third kappa shape index (κ3) is 2.19. The van der Waals surface area contributed by atoms with E-state index in [1.165, 1.54) is 6.92 Å². The van der Waals surface area contributed by atoms with E-state index < -0.39 is 12.1 Å². The summed E-state index contributed by atoms with van der Waals surface area (Å²) in [4.78, 5) is 0. The average Bonchev–Trinajstić information content (AvgIpc) is 1.62. The van der Waals surface area contributed by atoms with Crippen molar-refractivity contribution in [1.29, 1.82) is 0 Å². The van der Waals surface area contributed by atoms with E-state index in [0.717, 1.165) is 0 Å². The van der Waals surface area contributed by atoms with E-state index in [0.29, 0.717) is 6.92 Å². The minimum absolute atomic E-state index is 0.122. The summed E-state index contributed by atoms with van der Waals surface area (Å²) in [5.74, 6) is -3.16. The highest BCUT2D eigenvalue weighted by atomic mass is 19.3. The molecule has 3 heteroatoms. The Morgan fingerprint density at radius 3 is 1.88 bits per heavy atom. The first-order valence-corrected chi connectivity index (χ1v) is 2.50. The van der Waals surface area contributed by atoms with Gasteiger partial charge in [0.25, 0.3) is 5.92 Å². The molecule has 0 rings (SSSR count). The Balaban J connectivity index is 3.62. The molecule has 0 N–H and O–H groups in total. The van der Waals surface area contributed by atoms with E-state index in [2.05, 4.69) is 0 Å². The van der Waals surface area contributed by atoms with Crippen LogP contribution in [-0.2, 0) is 0 Å². The number of rotatable bonds is 2. The minimum Gasteiger partial charge on any atom is -0.241 e. The van der Waals surface area contributed by atoms with Gasteiger partial charge in [-0.25, -0.2) is 13.2 Å². The summed E-state index contributed by atoms with van der Waals surface area (Å²) >= 11 is 0. The van der Waals surface area contributed by atoms with Crippen molar-refractivity contribution in [2.45, 2.75) is 32.4 Å². The van der Waals surface area contributed by atoms with Crippen molar-refractivity contribution in [2.24, 2.45) is 0 Å². The smallest absolute Gasteiger partial charge is 0.241 e. The zero-order valence-electron chi connectivity index (χ0n) is 4.92. The van der Waals surface area contributed by atoms with Gasteiger partial charge in [0.2, 0.25) is 0 Å². The van der Waals surface area contributed by atoms with Gasteiger partial charge in [0.05, 0.1) is 0 Å². The van der Waals surface area contributed by atoms with Crippen LogP contribution in [0.3, 0.4) is 0 Å². The third-order valence-corrected chi connectivity index (χ3v) is 0.908. The lowest BCUT2D eigenvalue weighted by Crippen LogP contribution is -2.24. The van der Waals surface area contributed by atoms with Crippen molar-refractivity contribution in [3.8, 4) is 0 Å². The van der Waals surface area contributed by atoms with Crippen LogP contribution in [0.4, 0.5) is 13.2 Å². The molecule has 0 bridgehead atoms. The van der Waals surface area contributed by atoms with Gasteiger partial charge in [-0.15, -0.1) is 0 Å². The Kier molecular flexibility index (Phi) is 2.31. The van der Waals surface area contributed by atoms with Crippen LogP contribution in [0.5, 0.6) is 0 Å². The highest BCUT2D eigenvalue weighted by Gasteiger charge is 2.32. The maximum Gasteiger partial charge on any atom is 0.275 e. The first-order valence-electron chi connectivity index (χ1n) is 2.50. The van der Waals surface area contributed by atoms with Gasteiger partial charge in [-0.1, -0.05) is 6.92 Å². The Bertz CT molecular complexity index is 64.6. The molecular formula is C5H9F3. The van der Waals surface area contributed by atoms with E-state index in [-0.39, 0.29) is 6.42 Å². The molecule has 0 aliphatic heterocycles. The van der Waals surface area contributed by atoms with Gasteiger partial charge in [0.1, 0.15) is 0 Å². The molecule has 0 radical (unpaired) electrons. The summed E-state index contributed by atoms with van der Waals surface area (Å²) in [5, 5.41) is 0. The second-order valence-corrected chi connectivity index (χ2v) is 1.83. The lowest BCUT2D eigenvalue weighted by Gasteiger charge is -2.12. The Morgan fingerprint density at radius 2 is 1.88 bits per heavy atom. The van der Waals surface area contributed by atoms with Crippen molar-refractivity contribution < 1.29 is 13.2 Å². The van der Waals surface area contributed by atoms with Crippen LogP contribution in [0.25, 0.3) is 0 Å². The van der Waals surface area contributed by atoms with E-state index >= 15 is 0 Å². The quantitative estimate of drug-likeness (QED) is 0.533. The van der Waals surface area contributed by atoms with Crippen LogP contribution in [-0.4, -0.2) is 12.1 Å². The SMILES string of the molecule is CC[C@H](F)C(C)(F)F. The van der Waals surface area contributed by atoms with Gasteiger partial charge in [0, 0.05) is 6.92 Å². The predicted molar refractivity (Wildman–Crippen MR) is 25.8 cm³/mol. The molecule has 0 aromatic heterocycles. The molecule has 0 fully saturated rings. The largest absolute Gasteiger partial charge is 0.275 e. The normalized spacial score (nSPS) is 16.1. The van der Waals surface area contributed by atoms with Crippen LogP contribution in [0.1, 0.15) is 20.3 Å². The van der Waals surface area contributed by atoms with Gasteiger partial charge in [0.15, 0.2) is 6.17 Å². The molecule has 0 aliphatic rings. The van der Waals surface area contributed by atoms with Crippen LogP contribution in [0.2, 0.25) is 0 Å². The van der Waals surface area contributed by atoms with Crippen molar-refractivity contribution in [2.75, 3.05) is 0 Å². The van der Waals surface area contributed by atoms with E-state index in [9.17, 15) is 13.2 Å². The molecule has 0 saturated carbocycles. The molecule has 0 unspecified atom stereocenters. The molecule has 0 nitrogen and oxygen atoms in total. The fraction of sp³-hybridized carbons (Fsp3) is 1.00. The highest BCUT2D eigenvalue weighted by Crippen LogP contribution is 2.21. The second kappa shape index (κ2) is 2.37. The van der Waals surface area contributed by atoms with Crippen LogP contribution >= 0.6 is 0 Å². The number of halogens is 3. The molecule has 0 aliphatic carbocycles. The summed E-state index contributed by atoms with van der Waals surface area (Å²) in [5.41, 5.74) is 0. The van der Waals surface area contributed by atoms with E-state index in [4.69, 9.17) is 0 Å². The zero-order valence-corrected chi connectivity index (χ0v) is 4.92. The fourth-order valence-corrected chi connectivity index (χ4v) is 0.358. The third-order valence-electron chi connectivity index (χ3n) is 0.908. The van der Waals surface area contributed by atoms with Crippen molar-refractivity contribution in [3.05, 3.63) is 0 Å². The molecule has 0 aromatic carbocycles. The first-order chi connectivity index (χ1) is 3.48. The minimum atomic E-state index is -3.16. The van der Waals surface area contributed by atoms with Gasteiger partial charge in [-0.3, -0.25) is 0 Å². The predicted octanol–water partition coefficient (Wildman–Crippen LogP) is 2.39. The average molecular weight is 126 g/mol. The Labute approximate surface area is 46.7 Å². The lowest BCUT2D eigenvalue weighted by atomic mass is 10.2. The summed E-state index contributed by atoms with van der Waals surface area (Å²) in [6, 6.07) is 0. The van der Waals surface area contributed by atoms with Gasteiger partial charge in [-0.05, 0) is 6.42 Å². The molecule has 0 saturated heterocycles. The summed E-state index contributed by atoms with van der Waals surface area (Å²) in [6.45, 7) is 1.98. The molecule has 0 aromatic rings. The molecule has 0 amide bonds. The standard InChI is InChI=1S/C5H9F3/c1-3-4(6)5(2,7)8/h4H,3H2,1-2H3/t4-/m0/s1. The maximum absolute atomic E-state index is 11.9. The summed E-state index contributed by atoms with van der Waals surface area (Å²) in [7, 11) is 0. The molecule has 50 valence electrons. The topological polar surface area (TPSA) is 0 Å². The maximum atomic E-state index is 11.9. The fourth-order valence-electron chi connectivity index (χ4n) is 0.358. The second-order valence-electron chi connectivity index (χ2n) is 1.83. The van der Waals surface area contributed by atoms with Crippen LogP contribution in [0, 0.1) is 0 Å². The van der Waals surface area contributed by atoms with Crippen LogP contribution < -0.4 is 0 Å². The molecular weight excluding hydrogens is 117 g/mol. The van der Waals surface area contributed by atoms with Crippen molar-refractivity contribution >= 4 is 0 Å². The molecule has 8 heavy (non-hydrogen) atoms. The summed E-state index contributed by atoms with van der Waals surface area (Å²) in [6.07, 6.45) is -2.11. The first kappa shape index (κ1) is 7.79. The van der Waals surface area contributed by atoms with Gasteiger partial charge in [-0.2, -0.15) is 0 Å². The Hall–Kier alpha value is -0.210. The molecule has 0 spiro atoms. The van der Waals surface area contributed by atoms with Crippen molar-refractivity contribution in [3.63, 3.8) is 0 Å². The monoisotopic (exact) mass is 126 g/mol.